The van der Waals surface area contributed by atoms with Crippen LogP contribution in [0, 0.1) is 0 Å². The smallest absolute Gasteiger partial charge is 0.325 e. The number of carbonyl (C=O) groups is 2. The van der Waals surface area contributed by atoms with Gasteiger partial charge in [-0.3, -0.25) is 9.59 Å². The molecule has 17 heavy (non-hydrogen) atoms. The molecule has 0 aliphatic carbocycles. The number of rotatable bonds is 5. The van der Waals surface area contributed by atoms with Crippen LogP contribution in [-0.4, -0.2) is 42.0 Å². The van der Waals surface area contributed by atoms with Crippen molar-refractivity contribution in [2.45, 2.75) is 13.3 Å². The highest BCUT2D eigenvalue weighted by molar-refractivity contribution is 7.13. The van der Waals surface area contributed by atoms with Crippen molar-refractivity contribution in [3.05, 3.63) is 11.1 Å². The summed E-state index contributed by atoms with van der Waals surface area (Å²) in [6.07, 6.45) is 0.752. The first-order valence-corrected chi connectivity index (χ1v) is 6.03. The molecule has 0 saturated heterocycles. The third-order valence-electron chi connectivity index (χ3n) is 2.07. The summed E-state index contributed by atoms with van der Waals surface area (Å²) in [6, 6.07) is 0. The fourth-order valence-corrected chi connectivity index (χ4v) is 1.83. The minimum Gasteiger partial charge on any atom is -0.468 e. The molecule has 6 nitrogen and oxygen atoms in total. The highest BCUT2D eigenvalue weighted by Crippen LogP contribution is 2.13. The van der Waals surface area contributed by atoms with Gasteiger partial charge in [-0.25, -0.2) is 4.98 Å². The number of aromatic nitrogens is 1. The second-order valence-electron chi connectivity index (χ2n) is 3.37. The standard InChI is InChI=1S/C10H15N3O3S/c1-3-4-13(5-8(14)16-2)9(15)7-6-17-10(11)12-7/h6H,3-5H2,1-2H3,(H2,11,12). The maximum atomic E-state index is 12.0. The molecule has 0 atom stereocenters. The van der Waals surface area contributed by atoms with Gasteiger partial charge in [0.2, 0.25) is 0 Å². The number of esters is 1. The molecule has 1 heterocycles. The number of carbonyl (C=O) groups excluding carboxylic acids is 2. The van der Waals surface area contributed by atoms with Crippen LogP contribution in [0.5, 0.6) is 0 Å². The zero-order valence-corrected chi connectivity index (χ0v) is 10.6. The maximum Gasteiger partial charge on any atom is 0.325 e. The molecule has 0 spiro atoms. The first-order chi connectivity index (χ1) is 8.08. The van der Waals surface area contributed by atoms with Gasteiger partial charge in [-0.2, -0.15) is 0 Å². The van der Waals surface area contributed by atoms with E-state index in [1.807, 2.05) is 6.92 Å². The van der Waals surface area contributed by atoms with Gasteiger partial charge in [0.25, 0.3) is 5.91 Å². The van der Waals surface area contributed by atoms with Crippen molar-refractivity contribution in [2.75, 3.05) is 25.9 Å². The fraction of sp³-hybridized carbons (Fsp3) is 0.500. The van der Waals surface area contributed by atoms with Crippen LogP contribution in [0.1, 0.15) is 23.8 Å². The number of nitrogens with two attached hydrogens (primary N) is 1. The van der Waals surface area contributed by atoms with Crippen molar-refractivity contribution >= 4 is 28.3 Å². The summed E-state index contributed by atoms with van der Waals surface area (Å²) < 4.78 is 4.54. The van der Waals surface area contributed by atoms with Crippen molar-refractivity contribution < 1.29 is 14.3 Å². The number of hydrogen-bond acceptors (Lipinski definition) is 6. The molecule has 7 heteroatoms. The molecule has 0 unspecified atom stereocenters. The van der Waals surface area contributed by atoms with Gasteiger partial charge in [-0.05, 0) is 6.42 Å². The Balaban J connectivity index is 2.76. The Labute approximate surface area is 103 Å². The molecule has 0 aromatic carbocycles. The Kier molecular flexibility index (Phi) is 4.89. The number of hydrogen-bond donors (Lipinski definition) is 1. The Morgan fingerprint density at radius 1 is 1.59 bits per heavy atom. The Morgan fingerprint density at radius 2 is 2.29 bits per heavy atom. The molecular weight excluding hydrogens is 242 g/mol. The second kappa shape index (κ2) is 6.19. The van der Waals surface area contributed by atoms with Crippen LogP contribution >= 0.6 is 11.3 Å². The van der Waals surface area contributed by atoms with Crippen LogP contribution in [0.15, 0.2) is 5.38 Å². The zero-order chi connectivity index (χ0) is 12.8. The van der Waals surface area contributed by atoms with Gasteiger partial charge in [0.15, 0.2) is 5.13 Å². The van der Waals surface area contributed by atoms with Gasteiger partial charge in [0, 0.05) is 11.9 Å². The lowest BCUT2D eigenvalue weighted by atomic mass is 10.3. The lowest BCUT2D eigenvalue weighted by molar-refractivity contribution is -0.141. The van der Waals surface area contributed by atoms with E-state index in [0.29, 0.717) is 11.7 Å². The molecule has 0 fully saturated rings. The molecule has 0 radical (unpaired) electrons. The molecule has 1 aromatic rings. The Morgan fingerprint density at radius 3 is 2.76 bits per heavy atom. The Bertz CT molecular complexity index is 405. The van der Waals surface area contributed by atoms with Crippen LogP contribution in [0.4, 0.5) is 5.13 Å². The van der Waals surface area contributed by atoms with Crippen molar-refractivity contribution in [3.63, 3.8) is 0 Å². The summed E-state index contributed by atoms with van der Waals surface area (Å²) in [5.74, 6) is -0.750. The van der Waals surface area contributed by atoms with Crippen LogP contribution in [0.3, 0.4) is 0 Å². The third-order valence-corrected chi connectivity index (χ3v) is 2.74. The van der Waals surface area contributed by atoms with E-state index in [4.69, 9.17) is 5.73 Å². The SMILES string of the molecule is CCCN(CC(=O)OC)C(=O)c1csc(N)n1. The van der Waals surface area contributed by atoms with Gasteiger partial charge in [-0.15, -0.1) is 11.3 Å². The van der Waals surface area contributed by atoms with Crippen molar-refractivity contribution in [3.8, 4) is 0 Å². The van der Waals surface area contributed by atoms with E-state index in [1.54, 1.807) is 5.38 Å². The molecule has 94 valence electrons. The third kappa shape index (κ3) is 3.70. The monoisotopic (exact) mass is 257 g/mol. The summed E-state index contributed by atoms with van der Waals surface area (Å²) in [5.41, 5.74) is 5.73. The van der Waals surface area contributed by atoms with E-state index in [9.17, 15) is 9.59 Å². The molecule has 1 aromatic heterocycles. The van der Waals surface area contributed by atoms with Gasteiger partial charge >= 0.3 is 5.97 Å². The summed E-state index contributed by atoms with van der Waals surface area (Å²) in [5, 5.41) is 1.92. The first kappa shape index (κ1) is 13.4. The van der Waals surface area contributed by atoms with E-state index in [-0.39, 0.29) is 18.1 Å². The Hall–Kier alpha value is -1.63. The normalized spacial score (nSPS) is 10.0. The topological polar surface area (TPSA) is 85.5 Å². The first-order valence-electron chi connectivity index (χ1n) is 5.15. The summed E-state index contributed by atoms with van der Waals surface area (Å²) in [4.78, 5) is 28.5. The van der Waals surface area contributed by atoms with Crippen LogP contribution in [0.2, 0.25) is 0 Å². The molecule has 1 amide bonds. The quantitative estimate of drug-likeness (QED) is 0.787. The van der Waals surface area contributed by atoms with Crippen molar-refractivity contribution in [1.29, 1.82) is 0 Å². The van der Waals surface area contributed by atoms with Crippen molar-refractivity contribution in [2.24, 2.45) is 0 Å². The van der Waals surface area contributed by atoms with Gasteiger partial charge in [0.1, 0.15) is 12.2 Å². The number of nitrogens with zero attached hydrogens (tertiary/aromatic N) is 2. The van der Waals surface area contributed by atoms with Crippen molar-refractivity contribution in [1.82, 2.24) is 9.88 Å². The predicted molar refractivity (Wildman–Crippen MR) is 64.7 cm³/mol. The average Bonchev–Trinajstić information content (AvgIpc) is 2.74. The highest BCUT2D eigenvalue weighted by atomic mass is 32.1. The summed E-state index contributed by atoms with van der Waals surface area (Å²) in [7, 11) is 1.29. The number of anilines is 1. The number of nitrogen functional groups attached to an aromatic ring is 1. The molecule has 0 saturated carbocycles. The minimum absolute atomic E-state index is 0.0688. The maximum absolute atomic E-state index is 12.0. The molecule has 0 aliphatic heterocycles. The van der Waals surface area contributed by atoms with E-state index >= 15 is 0 Å². The number of ether oxygens (including phenoxy) is 1. The minimum atomic E-state index is -0.449. The van der Waals surface area contributed by atoms with E-state index < -0.39 is 5.97 Å². The van der Waals surface area contributed by atoms with Gasteiger partial charge < -0.3 is 15.4 Å². The highest BCUT2D eigenvalue weighted by Gasteiger charge is 2.20. The number of thiazole rings is 1. The second-order valence-corrected chi connectivity index (χ2v) is 4.26. The van der Waals surface area contributed by atoms with E-state index in [1.165, 1.54) is 23.3 Å². The molecule has 1 rings (SSSR count). The lowest BCUT2D eigenvalue weighted by Crippen LogP contribution is -2.37. The van der Waals surface area contributed by atoms with Crippen LogP contribution in [-0.2, 0) is 9.53 Å². The van der Waals surface area contributed by atoms with Gasteiger partial charge in [0.05, 0.1) is 7.11 Å². The molecule has 0 bridgehead atoms. The molecular formula is C10H15N3O3S. The fourth-order valence-electron chi connectivity index (χ4n) is 1.29. The molecule has 0 aliphatic rings. The van der Waals surface area contributed by atoms with E-state index in [2.05, 4.69) is 9.72 Å². The molecule has 2 N–H and O–H groups in total. The zero-order valence-electron chi connectivity index (χ0n) is 9.80. The number of methoxy groups -OCH3 is 1. The lowest BCUT2D eigenvalue weighted by Gasteiger charge is -2.19. The summed E-state index contributed by atoms with van der Waals surface area (Å²) >= 11 is 1.20. The largest absolute Gasteiger partial charge is 0.468 e. The van der Waals surface area contributed by atoms with Crippen LogP contribution in [0.25, 0.3) is 0 Å². The van der Waals surface area contributed by atoms with Crippen LogP contribution < -0.4 is 5.73 Å². The average molecular weight is 257 g/mol. The number of amides is 1. The van der Waals surface area contributed by atoms with E-state index in [0.717, 1.165) is 6.42 Å². The van der Waals surface area contributed by atoms with Gasteiger partial charge in [-0.1, -0.05) is 6.92 Å². The summed E-state index contributed by atoms with van der Waals surface area (Å²) in [6.45, 7) is 2.33. The predicted octanol–water partition coefficient (Wildman–Crippen LogP) is 0.750.